The van der Waals surface area contributed by atoms with Gasteiger partial charge in [0.1, 0.15) is 23.0 Å². The van der Waals surface area contributed by atoms with Crippen LogP contribution in [0.25, 0.3) is 0 Å². The van der Waals surface area contributed by atoms with E-state index in [9.17, 15) is 15.2 Å². The molecule has 2 aromatic heterocycles. The summed E-state index contributed by atoms with van der Waals surface area (Å²) in [4.78, 5) is 31.5. The zero-order chi connectivity index (χ0) is 31.2. The number of likely N-dealkylation sites (N-methyl/N-ethyl adjacent to an activating group) is 2. The zero-order valence-electron chi connectivity index (χ0n) is 26.0. The van der Waals surface area contributed by atoms with Crippen molar-refractivity contribution in [1.29, 1.82) is 5.26 Å². The maximum atomic E-state index is 14.4. The minimum atomic E-state index is -0.583. The molecule has 0 aromatic carbocycles. The number of thiophene rings is 1. The quantitative estimate of drug-likeness (QED) is 0.391. The number of nitriles is 1. The van der Waals surface area contributed by atoms with Gasteiger partial charge in [0.25, 0.3) is 0 Å². The van der Waals surface area contributed by atoms with Gasteiger partial charge in [-0.05, 0) is 84.5 Å². The average Bonchev–Trinajstić information content (AvgIpc) is 3.60. The Morgan fingerprint density at radius 1 is 1.18 bits per heavy atom. The van der Waals surface area contributed by atoms with Crippen molar-refractivity contribution >= 4 is 27.9 Å². The van der Waals surface area contributed by atoms with Crippen LogP contribution in [0, 0.1) is 11.3 Å². The van der Waals surface area contributed by atoms with Gasteiger partial charge in [0, 0.05) is 53.3 Å². The lowest BCUT2D eigenvalue weighted by atomic mass is 9.62. The van der Waals surface area contributed by atoms with Crippen molar-refractivity contribution in [3.63, 3.8) is 0 Å². The van der Waals surface area contributed by atoms with Crippen LogP contribution in [0.5, 0.6) is 5.88 Å². The number of ether oxygens (including phenoxy) is 1. The van der Waals surface area contributed by atoms with E-state index in [1.54, 1.807) is 0 Å². The molecule has 6 rings (SSSR count). The largest absolute Gasteiger partial charge is 0.473 e. The molecule has 2 aliphatic carbocycles. The van der Waals surface area contributed by atoms with Crippen molar-refractivity contribution in [1.82, 2.24) is 19.8 Å². The summed E-state index contributed by atoms with van der Waals surface area (Å²) in [5.74, 6) is 0.757. The Kier molecular flexibility index (Phi) is 8.58. The molecule has 4 aliphatic rings. The third kappa shape index (κ3) is 5.34. The van der Waals surface area contributed by atoms with Gasteiger partial charge in [-0.3, -0.25) is 14.6 Å². The molecule has 5 N–H and O–H groups in total. The van der Waals surface area contributed by atoms with E-state index in [1.165, 1.54) is 11.3 Å². The van der Waals surface area contributed by atoms with Gasteiger partial charge in [0.2, 0.25) is 17.5 Å². The van der Waals surface area contributed by atoms with Crippen LogP contribution in [0.3, 0.4) is 0 Å². The fraction of sp³-hybridized carbons (Fsp3) is 0.625. The molecule has 236 valence electrons. The van der Waals surface area contributed by atoms with Gasteiger partial charge in [-0.2, -0.15) is 10.2 Å². The predicted octanol–water partition coefficient (Wildman–Crippen LogP) is 2.82. The number of nitrogen functional groups attached to an aromatic ring is 1. The van der Waals surface area contributed by atoms with E-state index >= 15 is 0 Å². The minimum Gasteiger partial charge on any atom is -0.473 e. The number of hydrogen-bond donors (Lipinski definition) is 3. The third-order valence-electron chi connectivity index (χ3n) is 10.4. The van der Waals surface area contributed by atoms with Crippen LogP contribution in [0.15, 0.2) is 17.3 Å². The molecule has 12 heteroatoms. The van der Waals surface area contributed by atoms with E-state index < -0.39 is 5.41 Å². The summed E-state index contributed by atoms with van der Waals surface area (Å²) in [6.07, 6.45) is 6.68. The summed E-state index contributed by atoms with van der Waals surface area (Å²) in [5.41, 5.74) is 15.2. The first-order valence-corrected chi connectivity index (χ1v) is 16.7. The Morgan fingerprint density at radius 3 is 2.66 bits per heavy atom. The van der Waals surface area contributed by atoms with Gasteiger partial charge in [-0.15, -0.1) is 11.3 Å². The van der Waals surface area contributed by atoms with Crippen molar-refractivity contribution in [2.75, 3.05) is 57.5 Å². The summed E-state index contributed by atoms with van der Waals surface area (Å²) in [6, 6.07) is 4.37. The SMILES string of the molecule is C[C@H](Oc1cc(N2CCN(C)C(CO)C2)nc(C(=O)C2=C(N)[C@@]3(CCC2)CCCc2sc(N)c(C#N)c23)n1)[C@@H]1CCCN1C. The van der Waals surface area contributed by atoms with E-state index in [2.05, 4.69) is 34.7 Å². The van der Waals surface area contributed by atoms with Gasteiger partial charge in [-0.1, -0.05) is 0 Å². The van der Waals surface area contributed by atoms with Gasteiger partial charge >= 0.3 is 0 Å². The first kappa shape index (κ1) is 30.8. The molecule has 4 atom stereocenters. The number of allylic oxidation sites excluding steroid dienone is 2. The van der Waals surface area contributed by atoms with Crippen LogP contribution in [0.1, 0.15) is 78.5 Å². The van der Waals surface area contributed by atoms with Crippen molar-refractivity contribution in [2.45, 2.75) is 81.9 Å². The molecule has 2 aliphatic heterocycles. The lowest BCUT2D eigenvalue weighted by Crippen LogP contribution is -2.53. The number of nitrogens with two attached hydrogens (primary N) is 2. The molecule has 2 saturated heterocycles. The van der Waals surface area contributed by atoms with E-state index in [4.69, 9.17) is 26.2 Å². The number of aliphatic hydroxyl groups excluding tert-OH is 1. The predicted molar refractivity (Wildman–Crippen MR) is 171 cm³/mol. The second-order valence-corrected chi connectivity index (χ2v) is 14.1. The number of fused-ring (bicyclic) bond motifs is 2. The lowest BCUT2D eigenvalue weighted by Gasteiger charge is -2.42. The molecule has 0 saturated carbocycles. The molecule has 2 aromatic rings. The summed E-state index contributed by atoms with van der Waals surface area (Å²) >= 11 is 1.48. The van der Waals surface area contributed by atoms with E-state index in [0.717, 1.165) is 68.5 Å². The Hall–Kier alpha value is -3.24. The summed E-state index contributed by atoms with van der Waals surface area (Å²) in [7, 11) is 4.12. The number of hydrogen-bond acceptors (Lipinski definition) is 12. The van der Waals surface area contributed by atoms with Crippen LogP contribution in [0.4, 0.5) is 10.8 Å². The van der Waals surface area contributed by atoms with Crippen molar-refractivity contribution in [2.24, 2.45) is 5.73 Å². The maximum absolute atomic E-state index is 14.4. The Morgan fingerprint density at radius 2 is 1.95 bits per heavy atom. The Balaban J connectivity index is 1.39. The second-order valence-electron chi connectivity index (χ2n) is 12.9. The van der Waals surface area contributed by atoms with E-state index in [0.29, 0.717) is 53.0 Å². The molecular weight excluding hydrogens is 576 g/mol. The zero-order valence-corrected chi connectivity index (χ0v) is 26.8. The topological polar surface area (TPSA) is 158 Å². The van der Waals surface area contributed by atoms with Gasteiger partial charge in [0.05, 0.1) is 18.2 Å². The standard InChI is InChI=1S/C32H44N8O3S/c1-19(23-8-6-12-39(23)3)43-26-15-25(40-14-13-38(2)20(17-40)18-41)36-31(37-26)28(42)21-7-4-10-32(29(21)34)11-5-9-24-27(32)22(16-33)30(35)44-24/h15,19-20,23,41H,4-14,17-18,34-35H2,1-3H3/t19-,20?,23-,32-/m0/s1. The van der Waals surface area contributed by atoms with Crippen LogP contribution >= 0.6 is 11.3 Å². The molecule has 1 spiro atoms. The minimum absolute atomic E-state index is 0.0313. The number of rotatable bonds is 7. The number of aryl methyl sites for hydroxylation is 1. The van der Waals surface area contributed by atoms with Crippen LogP contribution in [-0.2, 0) is 11.8 Å². The highest BCUT2D eigenvalue weighted by Gasteiger charge is 2.46. The van der Waals surface area contributed by atoms with Crippen LogP contribution < -0.4 is 21.1 Å². The lowest BCUT2D eigenvalue weighted by molar-refractivity contribution is 0.0998. The third-order valence-corrected chi connectivity index (χ3v) is 11.5. The summed E-state index contributed by atoms with van der Waals surface area (Å²) in [6.45, 7) is 5.14. The number of piperazine rings is 1. The molecular formula is C32H44N8O3S. The number of carbonyl (C=O) groups is 1. The number of aliphatic hydroxyl groups is 1. The first-order valence-electron chi connectivity index (χ1n) is 15.8. The summed E-state index contributed by atoms with van der Waals surface area (Å²) < 4.78 is 6.44. The highest BCUT2D eigenvalue weighted by atomic mass is 32.1. The molecule has 0 bridgehead atoms. The second kappa shape index (κ2) is 12.3. The number of likely N-dealkylation sites (tertiary alicyclic amines) is 1. The Bertz CT molecular complexity index is 1500. The number of ketones is 1. The number of carbonyl (C=O) groups excluding carboxylic acids is 1. The average molecular weight is 621 g/mol. The highest BCUT2D eigenvalue weighted by molar-refractivity contribution is 7.16. The van der Waals surface area contributed by atoms with Gasteiger partial charge in [0.15, 0.2) is 0 Å². The van der Waals surface area contributed by atoms with Crippen LogP contribution in [0.2, 0.25) is 0 Å². The fourth-order valence-electron chi connectivity index (χ4n) is 7.87. The van der Waals surface area contributed by atoms with Crippen molar-refractivity contribution < 1.29 is 14.6 Å². The highest BCUT2D eigenvalue weighted by Crippen LogP contribution is 2.53. The van der Waals surface area contributed by atoms with Gasteiger partial charge in [-0.25, -0.2) is 4.98 Å². The van der Waals surface area contributed by atoms with Crippen molar-refractivity contribution in [3.05, 3.63) is 39.2 Å². The number of Topliss-reactive ketones (excluding diaryl/α,β-unsaturated/α-hetero) is 1. The van der Waals surface area contributed by atoms with Crippen molar-refractivity contribution in [3.8, 4) is 11.9 Å². The smallest absolute Gasteiger partial charge is 0.228 e. The number of anilines is 2. The molecule has 4 heterocycles. The van der Waals surface area contributed by atoms with E-state index in [-0.39, 0.29) is 36.4 Å². The molecule has 0 amide bonds. The molecule has 11 nitrogen and oxygen atoms in total. The fourth-order valence-corrected chi connectivity index (χ4v) is 9.03. The van der Waals surface area contributed by atoms with Crippen LogP contribution in [-0.4, -0.2) is 95.7 Å². The first-order chi connectivity index (χ1) is 21.2. The number of aromatic nitrogens is 2. The molecule has 2 fully saturated rings. The monoisotopic (exact) mass is 620 g/mol. The molecule has 0 radical (unpaired) electrons. The molecule has 1 unspecified atom stereocenters. The number of nitrogens with zero attached hydrogens (tertiary/aromatic N) is 6. The van der Waals surface area contributed by atoms with E-state index in [1.807, 2.05) is 13.1 Å². The molecule has 44 heavy (non-hydrogen) atoms. The Labute approximate surface area is 263 Å². The maximum Gasteiger partial charge on any atom is 0.228 e. The van der Waals surface area contributed by atoms with Gasteiger partial charge < -0.3 is 26.2 Å². The summed E-state index contributed by atoms with van der Waals surface area (Å²) in [5, 5.41) is 20.5. The normalized spacial score (nSPS) is 26.9.